The lowest BCUT2D eigenvalue weighted by Crippen LogP contribution is -2.22. The average Bonchev–Trinajstić information content (AvgIpc) is 2.93. The number of nitrogens with one attached hydrogen (secondary N) is 2. The highest BCUT2D eigenvalue weighted by atomic mass is 32.1. The van der Waals surface area contributed by atoms with Crippen molar-refractivity contribution in [1.82, 2.24) is 5.32 Å². The van der Waals surface area contributed by atoms with E-state index in [0.29, 0.717) is 17.0 Å². The summed E-state index contributed by atoms with van der Waals surface area (Å²) in [6.45, 7) is 7.89. The van der Waals surface area contributed by atoms with Crippen molar-refractivity contribution in [3.63, 3.8) is 0 Å². The van der Waals surface area contributed by atoms with Gasteiger partial charge in [-0.15, -0.1) is 11.3 Å². The molecule has 0 saturated heterocycles. The minimum atomic E-state index is -0.0311. The Labute approximate surface area is 152 Å². The van der Waals surface area contributed by atoms with Crippen molar-refractivity contribution in [2.24, 2.45) is 0 Å². The molecule has 2 aromatic rings. The molecule has 0 unspecified atom stereocenters. The standard InChI is InChI=1S/C20H23N3OS/c1-12-4-5-13(2)16(8-12)14(3)9-19(24)23-20-17(10-21)15-6-7-22-11-18(15)25-20/h4-5,8,14,22H,6-7,9,11H2,1-3H3,(H,23,24)/t14-/m0/s1. The fourth-order valence-electron chi connectivity index (χ4n) is 3.40. The molecule has 1 amide bonds. The van der Waals surface area contributed by atoms with Gasteiger partial charge in [-0.3, -0.25) is 4.79 Å². The number of aryl methyl sites for hydroxylation is 2. The van der Waals surface area contributed by atoms with Crippen LogP contribution in [0.4, 0.5) is 5.00 Å². The van der Waals surface area contributed by atoms with Gasteiger partial charge >= 0.3 is 0 Å². The topological polar surface area (TPSA) is 64.9 Å². The molecule has 0 spiro atoms. The van der Waals surface area contributed by atoms with Gasteiger partial charge in [0.2, 0.25) is 5.91 Å². The Hall–Kier alpha value is -2.16. The molecule has 4 nitrogen and oxygen atoms in total. The number of benzene rings is 1. The summed E-state index contributed by atoms with van der Waals surface area (Å²) >= 11 is 1.53. The van der Waals surface area contributed by atoms with E-state index in [4.69, 9.17) is 0 Å². The first-order chi connectivity index (χ1) is 12.0. The van der Waals surface area contributed by atoms with Crippen LogP contribution in [0.3, 0.4) is 0 Å². The number of thiophene rings is 1. The number of hydrogen-bond acceptors (Lipinski definition) is 4. The Morgan fingerprint density at radius 1 is 1.44 bits per heavy atom. The van der Waals surface area contributed by atoms with Crippen LogP contribution in [0.1, 0.15) is 52.0 Å². The van der Waals surface area contributed by atoms with Gasteiger partial charge in [0.1, 0.15) is 11.1 Å². The predicted molar refractivity (Wildman–Crippen MR) is 102 cm³/mol. The van der Waals surface area contributed by atoms with Crippen LogP contribution in [-0.2, 0) is 17.8 Å². The van der Waals surface area contributed by atoms with Crippen LogP contribution in [0.2, 0.25) is 0 Å². The SMILES string of the molecule is Cc1ccc(C)c([C@@H](C)CC(=O)Nc2sc3c(c2C#N)CCNC3)c1. The largest absolute Gasteiger partial charge is 0.317 e. The van der Waals surface area contributed by atoms with Gasteiger partial charge in [0.05, 0.1) is 5.56 Å². The zero-order valence-corrected chi connectivity index (χ0v) is 15.7. The summed E-state index contributed by atoms with van der Waals surface area (Å²) in [6, 6.07) is 8.63. The second-order valence-corrected chi connectivity index (χ2v) is 7.87. The lowest BCUT2D eigenvalue weighted by atomic mass is 9.92. The number of carbonyl (C=O) groups is 1. The fraction of sp³-hybridized carbons (Fsp3) is 0.400. The van der Waals surface area contributed by atoms with Crippen LogP contribution in [0, 0.1) is 25.2 Å². The van der Waals surface area contributed by atoms with Gasteiger partial charge in [-0.1, -0.05) is 30.7 Å². The molecule has 1 aromatic heterocycles. The summed E-state index contributed by atoms with van der Waals surface area (Å²) in [5.74, 6) is 0.109. The number of amides is 1. The third-order valence-corrected chi connectivity index (χ3v) is 5.90. The molecule has 1 aliphatic heterocycles. The van der Waals surface area contributed by atoms with E-state index in [1.165, 1.54) is 32.9 Å². The number of nitriles is 1. The Morgan fingerprint density at radius 2 is 2.24 bits per heavy atom. The van der Waals surface area contributed by atoms with Crippen molar-refractivity contribution in [3.05, 3.63) is 50.9 Å². The van der Waals surface area contributed by atoms with E-state index < -0.39 is 0 Å². The highest BCUT2D eigenvalue weighted by Crippen LogP contribution is 2.35. The van der Waals surface area contributed by atoms with Gasteiger partial charge in [-0.05, 0) is 49.4 Å². The summed E-state index contributed by atoms with van der Waals surface area (Å²) in [7, 11) is 0. The normalized spacial score (nSPS) is 14.5. The van der Waals surface area contributed by atoms with E-state index in [9.17, 15) is 10.1 Å². The van der Waals surface area contributed by atoms with E-state index in [1.54, 1.807) is 0 Å². The number of rotatable bonds is 4. The summed E-state index contributed by atoms with van der Waals surface area (Å²) < 4.78 is 0. The predicted octanol–water partition coefficient (Wildman–Crippen LogP) is 4.01. The van der Waals surface area contributed by atoms with Gasteiger partial charge in [0, 0.05) is 17.8 Å². The van der Waals surface area contributed by atoms with Crippen LogP contribution in [-0.4, -0.2) is 12.5 Å². The summed E-state index contributed by atoms with van der Waals surface area (Å²) in [5, 5.41) is 16.5. The van der Waals surface area contributed by atoms with Crippen LogP contribution in [0.15, 0.2) is 18.2 Å². The smallest absolute Gasteiger partial charge is 0.225 e. The molecule has 3 rings (SSSR count). The van der Waals surface area contributed by atoms with Crippen LogP contribution in [0.5, 0.6) is 0 Å². The second-order valence-electron chi connectivity index (χ2n) is 6.76. The Morgan fingerprint density at radius 3 is 3.00 bits per heavy atom. The molecule has 0 aliphatic carbocycles. The third-order valence-electron chi connectivity index (χ3n) is 4.75. The molecular weight excluding hydrogens is 330 g/mol. The number of anilines is 1. The van der Waals surface area contributed by atoms with E-state index >= 15 is 0 Å². The average molecular weight is 353 g/mol. The van der Waals surface area contributed by atoms with Gasteiger partial charge < -0.3 is 10.6 Å². The molecule has 2 N–H and O–H groups in total. The minimum Gasteiger partial charge on any atom is -0.317 e. The van der Waals surface area contributed by atoms with Gasteiger partial charge in [0.15, 0.2) is 0 Å². The van der Waals surface area contributed by atoms with Gasteiger partial charge in [0.25, 0.3) is 0 Å². The van der Waals surface area contributed by atoms with Crippen molar-refractivity contribution in [2.45, 2.75) is 46.1 Å². The first kappa shape index (κ1) is 17.7. The molecule has 1 aliphatic rings. The lowest BCUT2D eigenvalue weighted by molar-refractivity contribution is -0.116. The first-order valence-corrected chi connectivity index (χ1v) is 9.43. The molecular formula is C20H23N3OS. The summed E-state index contributed by atoms with van der Waals surface area (Å²) in [4.78, 5) is 13.7. The molecule has 1 aromatic carbocycles. The Bertz CT molecular complexity index is 847. The van der Waals surface area contributed by atoms with Gasteiger partial charge in [-0.2, -0.15) is 5.26 Å². The molecule has 0 radical (unpaired) electrons. The maximum absolute atomic E-state index is 12.5. The van der Waals surface area contributed by atoms with E-state index in [1.807, 2.05) is 0 Å². The molecule has 0 bridgehead atoms. The quantitative estimate of drug-likeness (QED) is 0.873. The van der Waals surface area contributed by atoms with Crippen molar-refractivity contribution in [2.75, 3.05) is 11.9 Å². The van der Waals surface area contributed by atoms with Crippen LogP contribution < -0.4 is 10.6 Å². The third kappa shape index (κ3) is 3.76. The molecule has 2 heterocycles. The second kappa shape index (κ2) is 7.38. The Kier molecular flexibility index (Phi) is 5.22. The highest BCUT2D eigenvalue weighted by Gasteiger charge is 2.22. The van der Waals surface area contributed by atoms with Crippen LogP contribution >= 0.6 is 11.3 Å². The first-order valence-electron chi connectivity index (χ1n) is 8.62. The monoisotopic (exact) mass is 353 g/mol. The van der Waals surface area contributed by atoms with Crippen molar-refractivity contribution in [1.29, 1.82) is 5.26 Å². The highest BCUT2D eigenvalue weighted by molar-refractivity contribution is 7.16. The molecule has 130 valence electrons. The van der Waals surface area contributed by atoms with Crippen molar-refractivity contribution < 1.29 is 4.79 Å². The minimum absolute atomic E-state index is 0.0311. The van der Waals surface area contributed by atoms with E-state index in [0.717, 1.165) is 25.1 Å². The van der Waals surface area contributed by atoms with Crippen LogP contribution in [0.25, 0.3) is 0 Å². The van der Waals surface area contributed by atoms with Gasteiger partial charge in [-0.25, -0.2) is 0 Å². The number of carbonyl (C=O) groups excluding carboxylic acids is 1. The molecule has 0 fully saturated rings. The number of fused-ring (bicyclic) bond motifs is 1. The summed E-state index contributed by atoms with van der Waals surface area (Å²) in [5.41, 5.74) is 5.38. The van der Waals surface area contributed by atoms with Crippen molar-refractivity contribution in [3.8, 4) is 6.07 Å². The lowest BCUT2D eigenvalue weighted by Gasteiger charge is -2.15. The van der Waals surface area contributed by atoms with Crippen molar-refractivity contribution >= 4 is 22.2 Å². The molecule has 25 heavy (non-hydrogen) atoms. The fourth-order valence-corrected chi connectivity index (χ4v) is 4.58. The molecule has 1 atom stereocenters. The number of hydrogen-bond donors (Lipinski definition) is 2. The molecule has 0 saturated carbocycles. The maximum atomic E-state index is 12.5. The van der Waals surface area contributed by atoms with E-state index in [2.05, 4.69) is 55.7 Å². The van der Waals surface area contributed by atoms with E-state index in [-0.39, 0.29) is 11.8 Å². The Balaban J connectivity index is 1.74. The zero-order valence-electron chi connectivity index (χ0n) is 14.9. The number of nitrogens with zero attached hydrogens (tertiary/aromatic N) is 1. The summed E-state index contributed by atoms with van der Waals surface area (Å²) in [6.07, 6.45) is 1.26. The molecule has 5 heteroatoms. The maximum Gasteiger partial charge on any atom is 0.225 e. The zero-order chi connectivity index (χ0) is 18.0.